The Morgan fingerprint density at radius 3 is 2.81 bits per heavy atom. The van der Waals surface area contributed by atoms with Crippen LogP contribution in [-0.4, -0.2) is 39.3 Å². The minimum absolute atomic E-state index is 0.100. The van der Waals surface area contributed by atoms with Gasteiger partial charge in [-0.05, 0) is 43.2 Å². The summed E-state index contributed by atoms with van der Waals surface area (Å²) in [5.41, 5.74) is 2.02. The number of hydrogen-bond acceptors (Lipinski definition) is 4. The first-order valence-corrected chi connectivity index (χ1v) is 9.04. The minimum atomic E-state index is -0.235. The van der Waals surface area contributed by atoms with Crippen molar-refractivity contribution in [3.8, 4) is 5.75 Å². The van der Waals surface area contributed by atoms with Crippen LogP contribution >= 0.6 is 11.6 Å². The van der Waals surface area contributed by atoms with Gasteiger partial charge in [0.25, 0.3) is 5.91 Å². The van der Waals surface area contributed by atoms with E-state index in [4.69, 9.17) is 21.1 Å². The van der Waals surface area contributed by atoms with Crippen LogP contribution < -0.4 is 15.0 Å². The molecule has 0 spiro atoms. The number of amides is 1. The maximum Gasteiger partial charge on any atom is 0.259 e. The highest BCUT2D eigenvalue weighted by atomic mass is 35.5. The number of hydrogen-bond donors (Lipinski definition) is 1. The summed E-state index contributed by atoms with van der Waals surface area (Å²) in [5, 5.41) is 3.46. The van der Waals surface area contributed by atoms with Crippen LogP contribution in [0.15, 0.2) is 42.5 Å². The number of carbonyl (C=O) groups excluding carboxylic acids is 1. The molecule has 5 nitrogen and oxygen atoms in total. The molecule has 1 saturated heterocycles. The number of benzene rings is 2. The molecule has 2 aromatic carbocycles. The van der Waals surface area contributed by atoms with E-state index in [-0.39, 0.29) is 12.0 Å². The Kier molecular flexibility index (Phi) is 6.01. The fraction of sp³-hybridized carbons (Fsp3) is 0.350. The summed E-state index contributed by atoms with van der Waals surface area (Å²) in [4.78, 5) is 14.6. The van der Waals surface area contributed by atoms with Crippen molar-refractivity contribution in [1.29, 1.82) is 0 Å². The zero-order valence-corrected chi connectivity index (χ0v) is 15.8. The summed E-state index contributed by atoms with van der Waals surface area (Å²) in [6.07, 6.45) is 2.15. The van der Waals surface area contributed by atoms with E-state index in [9.17, 15) is 4.79 Å². The van der Waals surface area contributed by atoms with Crippen molar-refractivity contribution in [3.05, 3.63) is 53.1 Å². The van der Waals surface area contributed by atoms with Crippen LogP contribution in [0.5, 0.6) is 5.75 Å². The lowest BCUT2D eigenvalue weighted by molar-refractivity contribution is 0.0673. The average molecular weight is 375 g/mol. The molecular formula is C20H23ClN2O3. The molecule has 1 heterocycles. The summed E-state index contributed by atoms with van der Waals surface area (Å²) in [6, 6.07) is 12.7. The molecule has 1 unspecified atom stereocenters. The SMILES string of the molecule is CN(C)c1ccc(NC(=O)c2ccccc2OCC2CCCO2)cc1Cl. The third-order valence-corrected chi connectivity index (χ3v) is 4.57. The third-order valence-electron chi connectivity index (χ3n) is 4.27. The number of halogens is 1. The summed E-state index contributed by atoms with van der Waals surface area (Å²) in [7, 11) is 3.84. The van der Waals surface area contributed by atoms with Gasteiger partial charge in [-0.1, -0.05) is 23.7 Å². The van der Waals surface area contributed by atoms with Gasteiger partial charge >= 0.3 is 0 Å². The van der Waals surface area contributed by atoms with E-state index < -0.39 is 0 Å². The summed E-state index contributed by atoms with van der Waals surface area (Å²) in [5.74, 6) is 0.318. The van der Waals surface area contributed by atoms with E-state index >= 15 is 0 Å². The molecule has 2 aromatic rings. The van der Waals surface area contributed by atoms with E-state index in [1.165, 1.54) is 0 Å². The van der Waals surface area contributed by atoms with Crippen LogP contribution in [0.4, 0.5) is 11.4 Å². The number of nitrogens with zero attached hydrogens (tertiary/aromatic N) is 1. The number of anilines is 2. The predicted octanol–water partition coefficient (Wildman–Crippen LogP) is 4.22. The standard InChI is InChI=1S/C20H23ClN2O3/c1-23(2)18-10-9-14(12-17(18)21)22-20(24)16-7-3-4-8-19(16)26-13-15-6-5-11-25-15/h3-4,7-10,12,15H,5-6,11,13H2,1-2H3,(H,22,24). The number of nitrogens with one attached hydrogen (secondary N) is 1. The summed E-state index contributed by atoms with van der Waals surface area (Å²) >= 11 is 6.28. The minimum Gasteiger partial charge on any atom is -0.490 e. The molecule has 0 saturated carbocycles. The zero-order valence-electron chi connectivity index (χ0n) is 15.0. The largest absolute Gasteiger partial charge is 0.490 e. The van der Waals surface area contributed by atoms with Crippen LogP contribution in [0, 0.1) is 0 Å². The molecule has 26 heavy (non-hydrogen) atoms. The highest BCUT2D eigenvalue weighted by Gasteiger charge is 2.18. The molecule has 138 valence electrons. The van der Waals surface area contributed by atoms with Gasteiger partial charge in [0.15, 0.2) is 0 Å². The topological polar surface area (TPSA) is 50.8 Å². The lowest BCUT2D eigenvalue weighted by Crippen LogP contribution is -2.19. The van der Waals surface area contributed by atoms with Crippen LogP contribution in [-0.2, 0) is 4.74 Å². The van der Waals surface area contributed by atoms with Gasteiger partial charge in [0.05, 0.1) is 22.4 Å². The Hall–Kier alpha value is -2.24. The third kappa shape index (κ3) is 4.48. The highest BCUT2D eigenvalue weighted by molar-refractivity contribution is 6.33. The summed E-state index contributed by atoms with van der Waals surface area (Å²) < 4.78 is 11.4. The molecule has 0 bridgehead atoms. The molecular weight excluding hydrogens is 352 g/mol. The first-order valence-electron chi connectivity index (χ1n) is 8.66. The Balaban J connectivity index is 1.70. The fourth-order valence-electron chi connectivity index (χ4n) is 2.88. The maximum atomic E-state index is 12.7. The highest BCUT2D eigenvalue weighted by Crippen LogP contribution is 2.28. The monoisotopic (exact) mass is 374 g/mol. The van der Waals surface area contributed by atoms with Crippen LogP contribution in [0.1, 0.15) is 23.2 Å². The molecule has 0 aromatic heterocycles. The molecule has 1 aliphatic rings. The molecule has 1 N–H and O–H groups in total. The lowest BCUT2D eigenvalue weighted by Gasteiger charge is -2.16. The summed E-state index contributed by atoms with van der Waals surface area (Å²) in [6.45, 7) is 1.23. The Morgan fingerprint density at radius 1 is 1.31 bits per heavy atom. The van der Waals surface area contributed by atoms with Gasteiger partial charge < -0.3 is 19.7 Å². The number of para-hydroxylation sites is 1. The van der Waals surface area contributed by atoms with E-state index in [2.05, 4.69) is 5.32 Å². The van der Waals surface area contributed by atoms with Crippen molar-refractivity contribution in [2.45, 2.75) is 18.9 Å². The van der Waals surface area contributed by atoms with Gasteiger partial charge in [-0.15, -0.1) is 0 Å². The molecule has 1 amide bonds. The molecule has 1 fully saturated rings. The predicted molar refractivity (Wildman–Crippen MR) is 105 cm³/mol. The second-order valence-corrected chi connectivity index (χ2v) is 6.86. The van der Waals surface area contributed by atoms with Crippen molar-refractivity contribution >= 4 is 28.9 Å². The first-order chi connectivity index (χ1) is 12.5. The second kappa shape index (κ2) is 8.43. The van der Waals surface area contributed by atoms with Crippen molar-refractivity contribution in [2.75, 3.05) is 37.5 Å². The maximum absolute atomic E-state index is 12.7. The van der Waals surface area contributed by atoms with Crippen molar-refractivity contribution in [2.24, 2.45) is 0 Å². The van der Waals surface area contributed by atoms with E-state index in [1.54, 1.807) is 18.2 Å². The van der Waals surface area contributed by atoms with E-state index in [0.29, 0.717) is 28.6 Å². The van der Waals surface area contributed by atoms with Crippen molar-refractivity contribution in [1.82, 2.24) is 0 Å². The number of carbonyl (C=O) groups is 1. The van der Waals surface area contributed by atoms with E-state index in [1.807, 2.05) is 43.3 Å². The van der Waals surface area contributed by atoms with E-state index in [0.717, 1.165) is 25.1 Å². The zero-order chi connectivity index (χ0) is 18.5. The number of rotatable bonds is 6. The Morgan fingerprint density at radius 2 is 2.12 bits per heavy atom. The smallest absolute Gasteiger partial charge is 0.259 e. The molecule has 0 aliphatic carbocycles. The quantitative estimate of drug-likeness (QED) is 0.822. The number of ether oxygens (including phenoxy) is 2. The average Bonchev–Trinajstić information content (AvgIpc) is 3.13. The normalized spacial score (nSPS) is 16.3. The Labute approximate surface area is 158 Å². The van der Waals surface area contributed by atoms with Gasteiger partial charge in [0, 0.05) is 26.4 Å². The van der Waals surface area contributed by atoms with Crippen molar-refractivity contribution in [3.63, 3.8) is 0 Å². The van der Waals surface area contributed by atoms with Gasteiger partial charge in [-0.2, -0.15) is 0 Å². The van der Waals surface area contributed by atoms with Crippen LogP contribution in [0.25, 0.3) is 0 Å². The van der Waals surface area contributed by atoms with Gasteiger partial charge in [-0.3, -0.25) is 4.79 Å². The molecule has 6 heteroatoms. The second-order valence-electron chi connectivity index (χ2n) is 6.46. The van der Waals surface area contributed by atoms with Crippen molar-refractivity contribution < 1.29 is 14.3 Å². The molecule has 1 aliphatic heterocycles. The first kappa shape index (κ1) is 18.5. The molecule has 0 radical (unpaired) electrons. The molecule has 1 atom stereocenters. The van der Waals surface area contributed by atoms with Crippen LogP contribution in [0.2, 0.25) is 5.02 Å². The van der Waals surface area contributed by atoms with Gasteiger partial charge in [0.2, 0.25) is 0 Å². The Bertz CT molecular complexity index is 773. The lowest BCUT2D eigenvalue weighted by atomic mass is 10.1. The van der Waals surface area contributed by atoms with Gasteiger partial charge in [0.1, 0.15) is 12.4 Å². The molecule has 3 rings (SSSR count). The van der Waals surface area contributed by atoms with Gasteiger partial charge in [-0.25, -0.2) is 0 Å². The fourth-order valence-corrected chi connectivity index (χ4v) is 3.23. The van der Waals surface area contributed by atoms with Crippen LogP contribution in [0.3, 0.4) is 0 Å².